The SMILES string of the molecule is COc1c(N2C[C@@]3(C)CC[C@@]3(N)C2)c(F)cc2c(=O)c(C(=O)O)cn([C@@H]3C[C@@H]3F)c12. The highest BCUT2D eigenvalue weighted by atomic mass is 19.1. The number of aromatic nitrogens is 1. The minimum Gasteiger partial charge on any atom is -0.492 e. The van der Waals surface area contributed by atoms with Gasteiger partial charge in [0.05, 0.1) is 24.1 Å². The van der Waals surface area contributed by atoms with Crippen LogP contribution in [0.5, 0.6) is 5.75 Å². The van der Waals surface area contributed by atoms with Gasteiger partial charge in [0, 0.05) is 36.7 Å². The van der Waals surface area contributed by atoms with Gasteiger partial charge in [0.2, 0.25) is 5.43 Å². The monoisotopic (exact) mass is 419 g/mol. The van der Waals surface area contributed by atoms with Gasteiger partial charge in [-0.05, 0) is 18.9 Å². The third-order valence-electron chi connectivity index (χ3n) is 7.33. The van der Waals surface area contributed by atoms with Crippen LogP contribution in [0.25, 0.3) is 10.9 Å². The Kier molecular flexibility index (Phi) is 3.82. The molecule has 2 saturated carbocycles. The standard InChI is InChI=1S/C21H23F2N3O4/c1-20-3-4-21(20,24)9-25(8-20)16-13(23)5-10-15(18(16)30-2)26(14-6-12(14)22)7-11(17(10)27)19(28)29/h5,7,12,14H,3-4,6,8-9,24H2,1-2H3,(H,28,29)/t12-,14+,20+,21+/m0/s1. The molecule has 1 aromatic heterocycles. The normalized spacial score (nSPS) is 32.1. The molecule has 3 aliphatic rings. The lowest BCUT2D eigenvalue weighted by Crippen LogP contribution is -2.61. The maximum atomic E-state index is 15.3. The summed E-state index contributed by atoms with van der Waals surface area (Å²) >= 11 is 0. The number of carboxylic acids is 1. The Morgan fingerprint density at radius 1 is 1.37 bits per heavy atom. The van der Waals surface area contributed by atoms with Crippen LogP contribution < -0.4 is 20.8 Å². The molecular formula is C21H23F2N3O4. The predicted molar refractivity (Wildman–Crippen MR) is 107 cm³/mol. The van der Waals surface area contributed by atoms with E-state index in [2.05, 4.69) is 6.92 Å². The molecule has 30 heavy (non-hydrogen) atoms. The molecule has 0 bridgehead atoms. The molecule has 3 N–H and O–H groups in total. The summed E-state index contributed by atoms with van der Waals surface area (Å²) in [6.45, 7) is 3.05. The molecule has 4 atom stereocenters. The van der Waals surface area contributed by atoms with Gasteiger partial charge >= 0.3 is 5.97 Å². The molecule has 2 aliphatic carbocycles. The van der Waals surface area contributed by atoms with E-state index in [4.69, 9.17) is 10.5 Å². The number of carbonyl (C=O) groups is 1. The minimum absolute atomic E-state index is 0.103. The van der Waals surface area contributed by atoms with E-state index >= 15 is 4.39 Å². The number of nitrogens with two attached hydrogens (primary N) is 1. The number of ether oxygens (including phenoxy) is 1. The molecule has 160 valence electrons. The average molecular weight is 419 g/mol. The zero-order valence-electron chi connectivity index (χ0n) is 16.7. The van der Waals surface area contributed by atoms with Crippen LogP contribution >= 0.6 is 0 Å². The van der Waals surface area contributed by atoms with Crippen molar-refractivity contribution in [3.8, 4) is 5.75 Å². The van der Waals surface area contributed by atoms with Gasteiger partial charge in [0.1, 0.15) is 17.4 Å². The molecule has 1 aliphatic heterocycles. The number of carboxylic acid groups (broad SMARTS) is 1. The summed E-state index contributed by atoms with van der Waals surface area (Å²) in [6, 6.07) is 0.423. The second-order valence-corrected chi connectivity index (χ2v) is 9.11. The number of aromatic carboxylic acids is 1. The van der Waals surface area contributed by atoms with Crippen LogP contribution in [-0.2, 0) is 0 Å². The van der Waals surface area contributed by atoms with Gasteiger partial charge in [0.25, 0.3) is 0 Å². The van der Waals surface area contributed by atoms with Crippen LogP contribution in [-0.4, -0.2) is 47.6 Å². The third-order valence-corrected chi connectivity index (χ3v) is 7.33. The number of halogens is 2. The van der Waals surface area contributed by atoms with Gasteiger partial charge in [-0.25, -0.2) is 13.6 Å². The van der Waals surface area contributed by atoms with E-state index in [1.54, 1.807) is 0 Å². The molecule has 2 aromatic rings. The number of anilines is 1. The van der Waals surface area contributed by atoms with E-state index < -0.39 is 40.5 Å². The summed E-state index contributed by atoms with van der Waals surface area (Å²) in [5, 5.41) is 9.27. The van der Waals surface area contributed by atoms with E-state index in [0.717, 1.165) is 25.1 Å². The first-order chi connectivity index (χ1) is 14.1. The molecular weight excluding hydrogens is 396 g/mol. The van der Waals surface area contributed by atoms with E-state index in [1.807, 2.05) is 4.90 Å². The summed E-state index contributed by atoms with van der Waals surface area (Å²) in [4.78, 5) is 26.2. The molecule has 3 fully saturated rings. The topological polar surface area (TPSA) is 97.8 Å². The smallest absolute Gasteiger partial charge is 0.341 e. The Morgan fingerprint density at radius 3 is 2.53 bits per heavy atom. The molecule has 5 rings (SSSR count). The maximum Gasteiger partial charge on any atom is 0.341 e. The van der Waals surface area contributed by atoms with Gasteiger partial charge < -0.3 is 25.0 Å². The van der Waals surface area contributed by atoms with Crippen molar-refractivity contribution in [2.45, 2.75) is 43.9 Å². The van der Waals surface area contributed by atoms with Crippen molar-refractivity contribution in [3.05, 3.63) is 33.9 Å². The number of pyridine rings is 1. The summed E-state index contributed by atoms with van der Waals surface area (Å²) in [6.07, 6.45) is 1.96. The van der Waals surface area contributed by atoms with Crippen molar-refractivity contribution < 1.29 is 23.4 Å². The summed E-state index contributed by atoms with van der Waals surface area (Å²) in [5.41, 5.74) is 5.01. The first kappa shape index (κ1) is 19.3. The number of alkyl halides is 1. The van der Waals surface area contributed by atoms with E-state index in [9.17, 15) is 19.1 Å². The fraction of sp³-hybridized carbons (Fsp3) is 0.524. The van der Waals surface area contributed by atoms with Crippen LogP contribution in [0.4, 0.5) is 14.5 Å². The summed E-state index contributed by atoms with van der Waals surface area (Å²) in [5.74, 6) is -2.03. The molecule has 7 nitrogen and oxygen atoms in total. The van der Waals surface area contributed by atoms with Crippen LogP contribution in [0.3, 0.4) is 0 Å². The minimum atomic E-state index is -1.44. The number of nitrogens with zero attached hydrogens (tertiary/aromatic N) is 2. The number of hydrogen-bond donors (Lipinski definition) is 2. The Morgan fingerprint density at radius 2 is 2.07 bits per heavy atom. The number of benzene rings is 1. The fourth-order valence-electron chi connectivity index (χ4n) is 5.14. The molecule has 0 spiro atoms. The Hall–Kier alpha value is -2.68. The Balaban J connectivity index is 1.78. The van der Waals surface area contributed by atoms with Gasteiger partial charge in [-0.1, -0.05) is 6.92 Å². The highest BCUT2D eigenvalue weighted by Gasteiger charge is 2.59. The number of rotatable bonds is 4. The molecule has 0 amide bonds. The highest BCUT2D eigenvalue weighted by molar-refractivity contribution is 5.97. The average Bonchev–Trinajstić information content (AvgIpc) is 3.38. The second kappa shape index (κ2) is 5.94. The van der Waals surface area contributed by atoms with Crippen molar-refractivity contribution in [2.75, 3.05) is 25.1 Å². The largest absolute Gasteiger partial charge is 0.492 e. The summed E-state index contributed by atoms with van der Waals surface area (Å²) in [7, 11) is 1.36. The molecule has 0 radical (unpaired) electrons. The zero-order chi connectivity index (χ0) is 21.6. The van der Waals surface area contributed by atoms with Crippen molar-refractivity contribution in [3.63, 3.8) is 0 Å². The second-order valence-electron chi connectivity index (χ2n) is 9.11. The van der Waals surface area contributed by atoms with E-state index in [1.165, 1.54) is 11.7 Å². The third kappa shape index (κ3) is 2.38. The quantitative estimate of drug-likeness (QED) is 0.790. The summed E-state index contributed by atoms with van der Waals surface area (Å²) < 4.78 is 36.3. The lowest BCUT2D eigenvalue weighted by atomic mass is 9.58. The van der Waals surface area contributed by atoms with Crippen LogP contribution in [0.2, 0.25) is 0 Å². The van der Waals surface area contributed by atoms with Crippen molar-refractivity contribution in [1.29, 1.82) is 0 Å². The van der Waals surface area contributed by atoms with Gasteiger partial charge in [-0.3, -0.25) is 4.79 Å². The Bertz CT molecular complexity index is 1150. The lowest BCUT2D eigenvalue weighted by Gasteiger charge is -2.49. The lowest BCUT2D eigenvalue weighted by molar-refractivity contribution is 0.0694. The molecule has 1 saturated heterocycles. The predicted octanol–water partition coefficient (Wildman–Crippen LogP) is 2.45. The van der Waals surface area contributed by atoms with Gasteiger partial charge in [0.15, 0.2) is 11.6 Å². The van der Waals surface area contributed by atoms with Crippen LogP contribution in [0, 0.1) is 11.2 Å². The molecule has 9 heteroatoms. The molecule has 2 heterocycles. The Labute approximate surface area is 171 Å². The number of fused-ring (bicyclic) bond motifs is 2. The first-order valence-electron chi connectivity index (χ1n) is 9.97. The molecule has 1 aromatic carbocycles. The van der Waals surface area contributed by atoms with Crippen molar-refractivity contribution in [2.24, 2.45) is 11.1 Å². The van der Waals surface area contributed by atoms with Crippen molar-refractivity contribution in [1.82, 2.24) is 4.57 Å². The van der Waals surface area contributed by atoms with Gasteiger partial charge in [-0.2, -0.15) is 0 Å². The van der Waals surface area contributed by atoms with Crippen molar-refractivity contribution >= 4 is 22.6 Å². The van der Waals surface area contributed by atoms with Gasteiger partial charge in [-0.15, -0.1) is 0 Å². The van der Waals surface area contributed by atoms with Crippen LogP contribution in [0.1, 0.15) is 42.6 Å². The first-order valence-corrected chi connectivity index (χ1v) is 9.97. The fourth-order valence-corrected chi connectivity index (χ4v) is 5.14. The van der Waals surface area contributed by atoms with E-state index in [-0.39, 0.29) is 34.2 Å². The maximum absolute atomic E-state index is 15.3. The highest BCUT2D eigenvalue weighted by Crippen LogP contribution is 2.55. The zero-order valence-corrected chi connectivity index (χ0v) is 16.7. The number of hydrogen-bond acceptors (Lipinski definition) is 5. The van der Waals surface area contributed by atoms with Crippen LogP contribution in [0.15, 0.2) is 17.1 Å². The van der Waals surface area contributed by atoms with E-state index in [0.29, 0.717) is 13.1 Å². The molecule has 0 unspecified atom stereocenters. The number of methoxy groups -OCH3 is 1.